The molecule has 0 radical (unpaired) electrons. The third-order valence-electron chi connectivity index (χ3n) is 4.43. The Bertz CT molecular complexity index is 1060. The molecule has 0 fully saturated rings. The molecule has 0 atom stereocenters. The molecule has 0 saturated heterocycles. The van der Waals surface area contributed by atoms with Crippen LogP contribution in [-0.4, -0.2) is 30.7 Å². The second kappa shape index (κ2) is 9.43. The lowest BCUT2D eigenvalue weighted by Crippen LogP contribution is -2.15. The number of allylic oxidation sites excluding steroid dienone is 1. The standard InChI is InChI=1S/C22H20BrNO5/c1-27-21(25)19-17-13-16(29-14-15-7-4-3-5-8-15)9-10-18(17)24(12-6-11-23)20(19)22(26)28-2/h3-11,13H,12,14H2,1-2H3/b11-6+. The van der Waals surface area contributed by atoms with Crippen LogP contribution in [0.2, 0.25) is 0 Å². The summed E-state index contributed by atoms with van der Waals surface area (Å²) in [6.07, 6.45) is 1.81. The third kappa shape index (κ3) is 4.35. The van der Waals surface area contributed by atoms with E-state index in [0.29, 0.717) is 29.8 Å². The molecule has 3 aromatic rings. The second-order valence-corrected chi connectivity index (χ2v) is 6.66. The first-order chi connectivity index (χ1) is 14.1. The number of carbonyl (C=O) groups excluding carboxylic acids is 2. The van der Waals surface area contributed by atoms with Gasteiger partial charge in [0.1, 0.15) is 23.6 Å². The van der Waals surface area contributed by atoms with Crippen LogP contribution in [0.3, 0.4) is 0 Å². The summed E-state index contributed by atoms with van der Waals surface area (Å²) >= 11 is 3.23. The van der Waals surface area contributed by atoms with Crippen LogP contribution in [0.25, 0.3) is 10.9 Å². The average molecular weight is 458 g/mol. The molecule has 0 unspecified atom stereocenters. The van der Waals surface area contributed by atoms with Crippen molar-refractivity contribution >= 4 is 38.8 Å². The van der Waals surface area contributed by atoms with Crippen LogP contribution in [0.15, 0.2) is 59.6 Å². The summed E-state index contributed by atoms with van der Waals surface area (Å²) in [5.41, 5.74) is 2.02. The fourth-order valence-electron chi connectivity index (χ4n) is 3.12. The molecule has 0 N–H and O–H groups in total. The van der Waals surface area contributed by atoms with Gasteiger partial charge in [0.05, 0.1) is 19.7 Å². The van der Waals surface area contributed by atoms with Crippen molar-refractivity contribution in [2.24, 2.45) is 0 Å². The Labute approximate surface area is 176 Å². The first kappa shape index (κ1) is 20.7. The maximum absolute atomic E-state index is 12.5. The van der Waals surface area contributed by atoms with Crippen LogP contribution < -0.4 is 4.74 Å². The number of rotatable bonds is 7. The highest BCUT2D eigenvalue weighted by molar-refractivity contribution is 9.11. The molecule has 3 rings (SSSR count). The van der Waals surface area contributed by atoms with Gasteiger partial charge in [-0.05, 0) is 28.7 Å². The molecule has 0 amide bonds. The highest BCUT2D eigenvalue weighted by Crippen LogP contribution is 2.31. The maximum atomic E-state index is 12.5. The van der Waals surface area contributed by atoms with Crippen molar-refractivity contribution in [2.75, 3.05) is 14.2 Å². The Kier molecular flexibility index (Phi) is 6.72. The van der Waals surface area contributed by atoms with E-state index in [4.69, 9.17) is 14.2 Å². The van der Waals surface area contributed by atoms with Gasteiger partial charge in [-0.15, -0.1) is 0 Å². The quantitative estimate of drug-likeness (QED) is 0.480. The van der Waals surface area contributed by atoms with E-state index in [1.807, 2.05) is 48.5 Å². The molecule has 0 saturated carbocycles. The van der Waals surface area contributed by atoms with Crippen molar-refractivity contribution in [3.05, 3.63) is 76.4 Å². The van der Waals surface area contributed by atoms with Crippen LogP contribution in [0.4, 0.5) is 0 Å². The Morgan fingerprint density at radius 2 is 1.76 bits per heavy atom. The number of halogens is 1. The summed E-state index contributed by atoms with van der Waals surface area (Å²) in [5.74, 6) is -0.649. The predicted molar refractivity (Wildman–Crippen MR) is 113 cm³/mol. The van der Waals surface area contributed by atoms with Gasteiger partial charge in [0.2, 0.25) is 0 Å². The topological polar surface area (TPSA) is 66.8 Å². The monoisotopic (exact) mass is 457 g/mol. The van der Waals surface area contributed by atoms with E-state index >= 15 is 0 Å². The van der Waals surface area contributed by atoms with Crippen LogP contribution in [0, 0.1) is 0 Å². The van der Waals surface area contributed by atoms with Crippen molar-refractivity contribution in [1.29, 1.82) is 0 Å². The molecule has 0 aliphatic carbocycles. The second-order valence-electron chi connectivity index (χ2n) is 6.13. The lowest BCUT2D eigenvalue weighted by atomic mass is 10.1. The van der Waals surface area contributed by atoms with Crippen LogP contribution in [0.5, 0.6) is 5.75 Å². The number of hydrogen-bond acceptors (Lipinski definition) is 5. The van der Waals surface area contributed by atoms with Gasteiger partial charge in [-0.1, -0.05) is 52.3 Å². The van der Waals surface area contributed by atoms with Crippen molar-refractivity contribution in [3.8, 4) is 5.75 Å². The van der Waals surface area contributed by atoms with Crippen molar-refractivity contribution in [2.45, 2.75) is 13.2 Å². The van der Waals surface area contributed by atoms with E-state index in [2.05, 4.69) is 15.9 Å². The lowest BCUT2D eigenvalue weighted by Gasteiger charge is -2.08. The van der Waals surface area contributed by atoms with E-state index in [1.165, 1.54) is 14.2 Å². The third-order valence-corrected chi connectivity index (χ3v) is 4.80. The number of esters is 2. The summed E-state index contributed by atoms with van der Waals surface area (Å²) in [7, 11) is 2.56. The SMILES string of the molecule is COC(=O)c1c(C(=O)OC)n(C/C=C/Br)c2ccc(OCc3ccccc3)cc12. The number of ether oxygens (including phenoxy) is 3. The number of benzene rings is 2. The highest BCUT2D eigenvalue weighted by Gasteiger charge is 2.28. The summed E-state index contributed by atoms with van der Waals surface area (Å²) in [4.78, 5) is 26.7. The molecule has 0 spiro atoms. The fourth-order valence-corrected chi connectivity index (χ4v) is 3.28. The van der Waals surface area contributed by atoms with Gasteiger partial charge in [-0.2, -0.15) is 0 Å². The molecule has 0 aliphatic heterocycles. The number of methoxy groups -OCH3 is 2. The van der Waals surface area contributed by atoms with Crippen LogP contribution in [-0.2, 0) is 22.6 Å². The summed E-state index contributed by atoms with van der Waals surface area (Å²) < 4.78 is 17.5. The van der Waals surface area contributed by atoms with Gasteiger partial charge in [0.15, 0.2) is 0 Å². The average Bonchev–Trinajstić information content (AvgIpc) is 3.09. The van der Waals surface area contributed by atoms with Gasteiger partial charge in [0, 0.05) is 11.9 Å². The van der Waals surface area contributed by atoms with Crippen molar-refractivity contribution < 1.29 is 23.8 Å². The molecule has 2 aromatic carbocycles. The summed E-state index contributed by atoms with van der Waals surface area (Å²) in [6.45, 7) is 0.754. The van der Waals surface area contributed by atoms with Crippen molar-refractivity contribution in [3.63, 3.8) is 0 Å². The number of carbonyl (C=O) groups is 2. The first-order valence-corrected chi connectivity index (χ1v) is 9.77. The Morgan fingerprint density at radius 1 is 1.03 bits per heavy atom. The zero-order valence-corrected chi connectivity index (χ0v) is 17.6. The van der Waals surface area contributed by atoms with E-state index in [1.54, 1.807) is 15.6 Å². The molecular formula is C22H20BrNO5. The number of aromatic nitrogens is 1. The zero-order valence-electron chi connectivity index (χ0n) is 16.1. The van der Waals surface area contributed by atoms with Gasteiger partial charge in [-0.25, -0.2) is 9.59 Å². The number of fused-ring (bicyclic) bond motifs is 1. The zero-order chi connectivity index (χ0) is 20.8. The van der Waals surface area contributed by atoms with E-state index < -0.39 is 11.9 Å². The Morgan fingerprint density at radius 3 is 2.41 bits per heavy atom. The smallest absolute Gasteiger partial charge is 0.355 e. The summed E-state index contributed by atoms with van der Waals surface area (Å²) in [6, 6.07) is 15.1. The fraction of sp³-hybridized carbons (Fsp3) is 0.182. The minimum Gasteiger partial charge on any atom is -0.489 e. The number of nitrogens with zero attached hydrogens (tertiary/aromatic N) is 1. The molecule has 7 heteroatoms. The van der Waals surface area contributed by atoms with Gasteiger partial charge >= 0.3 is 11.9 Å². The van der Waals surface area contributed by atoms with Crippen LogP contribution in [0.1, 0.15) is 26.4 Å². The Hall–Kier alpha value is -3.06. The van der Waals surface area contributed by atoms with E-state index in [-0.39, 0.29) is 11.3 Å². The molecule has 150 valence electrons. The summed E-state index contributed by atoms with van der Waals surface area (Å²) in [5, 5.41) is 0.561. The molecule has 29 heavy (non-hydrogen) atoms. The van der Waals surface area contributed by atoms with Crippen molar-refractivity contribution in [1.82, 2.24) is 4.57 Å². The van der Waals surface area contributed by atoms with Gasteiger partial charge < -0.3 is 18.8 Å². The minimum absolute atomic E-state index is 0.139. The van der Waals surface area contributed by atoms with E-state index in [9.17, 15) is 9.59 Å². The largest absolute Gasteiger partial charge is 0.489 e. The molecule has 1 heterocycles. The van der Waals surface area contributed by atoms with Gasteiger partial charge in [-0.3, -0.25) is 0 Å². The molecular weight excluding hydrogens is 438 g/mol. The molecule has 0 bridgehead atoms. The highest BCUT2D eigenvalue weighted by atomic mass is 79.9. The van der Waals surface area contributed by atoms with Gasteiger partial charge in [0.25, 0.3) is 0 Å². The molecule has 0 aliphatic rings. The normalized spacial score (nSPS) is 11.0. The van der Waals surface area contributed by atoms with E-state index in [0.717, 1.165) is 5.56 Å². The molecule has 1 aromatic heterocycles. The first-order valence-electron chi connectivity index (χ1n) is 8.85. The Balaban J connectivity index is 2.11. The number of hydrogen-bond donors (Lipinski definition) is 0. The lowest BCUT2D eigenvalue weighted by molar-refractivity contribution is 0.0549. The minimum atomic E-state index is -0.615. The maximum Gasteiger partial charge on any atom is 0.355 e. The van der Waals surface area contributed by atoms with Crippen LogP contribution >= 0.6 is 15.9 Å². The predicted octanol–water partition coefficient (Wildman–Crippen LogP) is 4.70. The molecule has 6 nitrogen and oxygen atoms in total.